The van der Waals surface area contributed by atoms with Gasteiger partial charge in [0.1, 0.15) is 11.5 Å². The van der Waals surface area contributed by atoms with Crippen molar-refractivity contribution >= 4 is 22.2 Å². The maximum absolute atomic E-state index is 13.7. The number of aryl methyl sites for hydroxylation is 1. The molecule has 1 N–H and O–H groups in total. The maximum atomic E-state index is 13.7. The van der Waals surface area contributed by atoms with E-state index < -0.39 is 18.3 Å². The van der Waals surface area contributed by atoms with Gasteiger partial charge in [-0.1, -0.05) is 29.8 Å². The topological polar surface area (TPSA) is 61.9 Å². The third-order valence-electron chi connectivity index (χ3n) is 4.27. The van der Waals surface area contributed by atoms with Crippen LogP contribution in [0.25, 0.3) is 11.3 Å². The van der Waals surface area contributed by atoms with Crippen LogP contribution in [0.15, 0.2) is 57.6 Å². The fraction of sp³-hybridized carbons (Fsp3) is 0.222. The third kappa shape index (κ3) is 3.02. The lowest BCUT2D eigenvalue weighted by Gasteiger charge is -2.32. The molecule has 0 radical (unpaired) electrons. The van der Waals surface area contributed by atoms with Gasteiger partial charge in [0, 0.05) is 10.9 Å². The summed E-state index contributed by atoms with van der Waals surface area (Å²) in [5.41, 5.74) is -0.827. The standard InChI is InChI=1S/C18H14F3N3O2S/c1-11-4-6-12(7-5-11)14-10-27-16(22-14)24-17(25,18(19,20)21)9-13(23-24)15-3-2-8-26-15/h2-8,10,25H,9H2,1H3. The van der Waals surface area contributed by atoms with Gasteiger partial charge in [-0.2, -0.15) is 23.3 Å². The molecule has 140 valence electrons. The van der Waals surface area contributed by atoms with E-state index in [0.717, 1.165) is 22.5 Å². The minimum absolute atomic E-state index is 0.00640. The molecule has 0 saturated heterocycles. The fourth-order valence-corrected chi connectivity index (χ4v) is 3.61. The molecule has 2 aromatic heterocycles. The van der Waals surface area contributed by atoms with E-state index in [9.17, 15) is 18.3 Å². The minimum atomic E-state index is -4.93. The zero-order chi connectivity index (χ0) is 19.2. The van der Waals surface area contributed by atoms with E-state index in [-0.39, 0.29) is 16.6 Å². The Balaban J connectivity index is 1.74. The minimum Gasteiger partial charge on any atom is -0.463 e. The Hall–Kier alpha value is -2.65. The first-order chi connectivity index (χ1) is 12.8. The molecule has 1 aliphatic heterocycles. The van der Waals surface area contributed by atoms with Crippen LogP contribution in [0.5, 0.6) is 0 Å². The zero-order valence-corrected chi connectivity index (χ0v) is 14.9. The predicted octanol–water partition coefficient (Wildman–Crippen LogP) is 4.58. The molecule has 5 nitrogen and oxygen atoms in total. The Kier molecular flexibility index (Phi) is 4.08. The Morgan fingerprint density at radius 3 is 2.59 bits per heavy atom. The molecular formula is C18H14F3N3O2S. The van der Waals surface area contributed by atoms with Gasteiger partial charge in [-0.05, 0) is 19.1 Å². The first-order valence-electron chi connectivity index (χ1n) is 8.01. The summed E-state index contributed by atoms with van der Waals surface area (Å²) in [6.07, 6.45) is -4.34. The summed E-state index contributed by atoms with van der Waals surface area (Å²) in [4.78, 5) is 4.26. The van der Waals surface area contributed by atoms with Crippen LogP contribution in [-0.2, 0) is 0 Å². The average molecular weight is 393 g/mol. The van der Waals surface area contributed by atoms with Gasteiger partial charge in [-0.15, -0.1) is 11.3 Å². The molecule has 0 aliphatic carbocycles. The van der Waals surface area contributed by atoms with Gasteiger partial charge < -0.3 is 9.52 Å². The van der Waals surface area contributed by atoms with Gasteiger partial charge in [-0.25, -0.2) is 4.98 Å². The first-order valence-corrected chi connectivity index (χ1v) is 8.89. The van der Waals surface area contributed by atoms with Gasteiger partial charge in [0.2, 0.25) is 5.13 Å². The highest BCUT2D eigenvalue weighted by Crippen LogP contribution is 2.45. The number of benzene rings is 1. The molecule has 0 saturated carbocycles. The molecule has 3 heterocycles. The Morgan fingerprint density at radius 1 is 1.22 bits per heavy atom. The van der Waals surface area contributed by atoms with Crippen molar-refractivity contribution in [1.82, 2.24) is 4.98 Å². The molecule has 4 rings (SSSR count). The average Bonchev–Trinajstić information content (AvgIpc) is 3.34. The van der Waals surface area contributed by atoms with E-state index in [4.69, 9.17) is 4.42 Å². The molecule has 0 bridgehead atoms. The predicted molar refractivity (Wildman–Crippen MR) is 95.6 cm³/mol. The van der Waals surface area contributed by atoms with Crippen LogP contribution in [0.4, 0.5) is 18.3 Å². The molecule has 1 unspecified atom stereocenters. The normalized spacial score (nSPS) is 20.2. The van der Waals surface area contributed by atoms with Gasteiger partial charge in [-0.3, -0.25) is 0 Å². The second-order valence-corrected chi connectivity index (χ2v) is 7.04. The summed E-state index contributed by atoms with van der Waals surface area (Å²) in [5, 5.41) is 16.5. The number of hydrazone groups is 1. The van der Waals surface area contributed by atoms with Gasteiger partial charge in [0.25, 0.3) is 5.72 Å². The molecule has 0 amide bonds. The van der Waals surface area contributed by atoms with Crippen LogP contribution >= 0.6 is 11.3 Å². The molecule has 0 fully saturated rings. The lowest BCUT2D eigenvalue weighted by molar-refractivity contribution is -0.254. The number of hydrogen-bond donors (Lipinski definition) is 1. The van der Waals surface area contributed by atoms with Crippen LogP contribution in [0.2, 0.25) is 0 Å². The van der Waals surface area contributed by atoms with Crippen molar-refractivity contribution in [2.45, 2.75) is 25.2 Å². The van der Waals surface area contributed by atoms with Gasteiger partial charge in [0.15, 0.2) is 0 Å². The van der Waals surface area contributed by atoms with Crippen molar-refractivity contribution in [3.05, 3.63) is 59.4 Å². The number of nitrogens with zero attached hydrogens (tertiary/aromatic N) is 3. The Labute approximate surface area is 156 Å². The number of aromatic nitrogens is 1. The zero-order valence-electron chi connectivity index (χ0n) is 14.1. The quantitative estimate of drug-likeness (QED) is 0.708. The molecule has 9 heteroatoms. The molecule has 1 aliphatic rings. The smallest absolute Gasteiger partial charge is 0.438 e. The van der Waals surface area contributed by atoms with E-state index >= 15 is 0 Å². The number of thiazole rings is 1. The summed E-state index contributed by atoms with van der Waals surface area (Å²) in [6, 6.07) is 10.5. The fourth-order valence-electron chi connectivity index (χ4n) is 2.77. The van der Waals surface area contributed by atoms with Crippen molar-refractivity contribution in [3.63, 3.8) is 0 Å². The summed E-state index contributed by atoms with van der Waals surface area (Å²) >= 11 is 0.981. The molecular weight excluding hydrogens is 379 g/mol. The SMILES string of the molecule is Cc1ccc(-c2csc(N3N=C(c4ccco4)CC3(O)C(F)(F)F)n2)cc1. The summed E-state index contributed by atoms with van der Waals surface area (Å²) in [6.45, 7) is 1.94. The van der Waals surface area contributed by atoms with Crippen molar-refractivity contribution in [3.8, 4) is 11.3 Å². The summed E-state index contributed by atoms with van der Waals surface area (Å²) in [5.74, 6) is 0.176. The highest BCUT2D eigenvalue weighted by Gasteiger charge is 2.63. The van der Waals surface area contributed by atoms with E-state index in [2.05, 4.69) is 10.1 Å². The number of anilines is 1. The Bertz CT molecular complexity index is 980. The number of furan rings is 1. The molecule has 1 aromatic carbocycles. The number of halogens is 3. The van der Waals surface area contributed by atoms with Crippen molar-refractivity contribution in [2.24, 2.45) is 5.10 Å². The number of hydrogen-bond acceptors (Lipinski definition) is 6. The first kappa shape index (κ1) is 17.7. The largest absolute Gasteiger partial charge is 0.463 e. The third-order valence-corrected chi connectivity index (χ3v) is 5.08. The Morgan fingerprint density at radius 2 is 1.96 bits per heavy atom. The number of aliphatic hydroxyl groups is 1. The molecule has 3 aromatic rings. The summed E-state index contributed by atoms with van der Waals surface area (Å²) < 4.78 is 46.1. The highest BCUT2D eigenvalue weighted by atomic mass is 32.1. The van der Waals surface area contributed by atoms with Crippen LogP contribution in [0.1, 0.15) is 17.7 Å². The molecule has 1 atom stereocenters. The van der Waals surface area contributed by atoms with Crippen molar-refractivity contribution < 1.29 is 22.7 Å². The highest BCUT2D eigenvalue weighted by molar-refractivity contribution is 7.14. The van der Waals surface area contributed by atoms with Gasteiger partial charge >= 0.3 is 6.18 Å². The molecule has 0 spiro atoms. The second kappa shape index (κ2) is 6.21. The van der Waals surface area contributed by atoms with Crippen LogP contribution in [-0.4, -0.2) is 27.7 Å². The van der Waals surface area contributed by atoms with Crippen molar-refractivity contribution in [1.29, 1.82) is 0 Å². The van der Waals surface area contributed by atoms with E-state index in [1.54, 1.807) is 11.4 Å². The van der Waals surface area contributed by atoms with Gasteiger partial charge in [0.05, 0.1) is 18.4 Å². The second-order valence-electron chi connectivity index (χ2n) is 6.21. The summed E-state index contributed by atoms with van der Waals surface area (Å²) in [7, 11) is 0. The molecule has 27 heavy (non-hydrogen) atoms. The monoisotopic (exact) mass is 393 g/mol. The lowest BCUT2D eigenvalue weighted by atomic mass is 10.1. The van der Waals surface area contributed by atoms with E-state index in [0.29, 0.717) is 10.7 Å². The van der Waals surface area contributed by atoms with Crippen LogP contribution in [0.3, 0.4) is 0 Å². The van der Waals surface area contributed by atoms with E-state index in [1.807, 2.05) is 31.2 Å². The van der Waals surface area contributed by atoms with Crippen LogP contribution < -0.4 is 5.01 Å². The van der Waals surface area contributed by atoms with E-state index in [1.165, 1.54) is 12.3 Å². The lowest BCUT2D eigenvalue weighted by Crippen LogP contribution is -2.55. The number of rotatable bonds is 3. The van der Waals surface area contributed by atoms with Crippen molar-refractivity contribution in [2.75, 3.05) is 5.01 Å². The number of alkyl halides is 3. The maximum Gasteiger partial charge on any atom is 0.438 e. The van der Waals surface area contributed by atoms with Crippen LogP contribution in [0, 0.1) is 6.92 Å².